The predicted molar refractivity (Wildman–Crippen MR) is 139 cm³/mol. The predicted octanol–water partition coefficient (Wildman–Crippen LogP) is 7.06. The van der Waals surface area contributed by atoms with Crippen molar-refractivity contribution in [2.75, 3.05) is 5.32 Å². The fourth-order valence-electron chi connectivity index (χ4n) is 4.33. The van der Waals surface area contributed by atoms with Crippen molar-refractivity contribution in [3.05, 3.63) is 94.1 Å². The summed E-state index contributed by atoms with van der Waals surface area (Å²) >= 11 is 5.97. The van der Waals surface area contributed by atoms with E-state index in [0.29, 0.717) is 44.1 Å². The van der Waals surface area contributed by atoms with E-state index in [0.717, 1.165) is 0 Å². The lowest BCUT2D eigenvalue weighted by atomic mass is 10.0. The standard InChI is InChI=1S/C28H24ClF3N2O4/c1-3-24(27(36)37)38-21-6-4-5-17(13-21)15-34-16(2)25(26(35)18-7-9-19(29)10-8-18)22-12-11-20(14-23(22)34)33-28(30,31)32/h4-14,24,33H,3,15H2,1-2H3,(H,36,37)/t24-/m0/s1. The number of carboxylic acid groups (broad SMARTS) is 1. The van der Waals surface area contributed by atoms with Gasteiger partial charge in [0.05, 0.1) is 11.1 Å². The molecular weight excluding hydrogens is 521 g/mol. The van der Waals surface area contributed by atoms with E-state index >= 15 is 0 Å². The van der Waals surface area contributed by atoms with Gasteiger partial charge >= 0.3 is 12.3 Å². The van der Waals surface area contributed by atoms with Gasteiger partial charge in [-0.3, -0.25) is 10.1 Å². The molecule has 38 heavy (non-hydrogen) atoms. The Morgan fingerprint density at radius 2 is 1.79 bits per heavy atom. The molecule has 0 spiro atoms. The highest BCUT2D eigenvalue weighted by Crippen LogP contribution is 2.33. The molecule has 0 fully saturated rings. The van der Waals surface area contributed by atoms with Crippen LogP contribution in [0.4, 0.5) is 18.9 Å². The number of ketones is 1. The molecule has 0 aliphatic rings. The number of nitrogens with zero attached hydrogens (tertiary/aromatic N) is 1. The van der Waals surface area contributed by atoms with Gasteiger partial charge in [-0.2, -0.15) is 13.2 Å². The number of nitrogens with one attached hydrogen (secondary N) is 1. The molecule has 3 aromatic carbocycles. The first-order valence-electron chi connectivity index (χ1n) is 11.7. The second-order valence-electron chi connectivity index (χ2n) is 8.74. The van der Waals surface area contributed by atoms with Crippen molar-refractivity contribution < 1.29 is 32.6 Å². The molecule has 0 aliphatic heterocycles. The van der Waals surface area contributed by atoms with E-state index in [1.807, 2.05) is 0 Å². The maximum absolute atomic E-state index is 13.5. The van der Waals surface area contributed by atoms with Gasteiger partial charge in [0.2, 0.25) is 0 Å². The molecule has 2 N–H and O–H groups in total. The summed E-state index contributed by atoms with van der Waals surface area (Å²) in [5.74, 6) is -1.02. The fourth-order valence-corrected chi connectivity index (χ4v) is 4.45. The molecule has 4 aromatic rings. The average Bonchev–Trinajstić information content (AvgIpc) is 3.12. The summed E-state index contributed by atoms with van der Waals surface area (Å²) in [7, 11) is 0. The third-order valence-corrected chi connectivity index (χ3v) is 6.36. The van der Waals surface area contributed by atoms with Crippen LogP contribution in [0.1, 0.15) is 40.5 Å². The van der Waals surface area contributed by atoms with Crippen LogP contribution in [0.3, 0.4) is 0 Å². The average molecular weight is 545 g/mol. The van der Waals surface area contributed by atoms with Crippen LogP contribution in [0.2, 0.25) is 5.02 Å². The summed E-state index contributed by atoms with van der Waals surface area (Å²) < 4.78 is 46.5. The summed E-state index contributed by atoms with van der Waals surface area (Å²) in [4.78, 5) is 24.9. The topological polar surface area (TPSA) is 80.6 Å². The first-order chi connectivity index (χ1) is 18.0. The summed E-state index contributed by atoms with van der Waals surface area (Å²) in [6.45, 7) is 3.63. The van der Waals surface area contributed by atoms with Crippen molar-refractivity contribution in [2.45, 2.75) is 39.2 Å². The lowest BCUT2D eigenvalue weighted by molar-refractivity contribution is -0.145. The Bertz CT molecular complexity index is 1500. The minimum absolute atomic E-state index is 0.168. The van der Waals surface area contributed by atoms with Crippen molar-refractivity contribution in [1.82, 2.24) is 4.57 Å². The number of alkyl halides is 3. The van der Waals surface area contributed by atoms with Crippen molar-refractivity contribution in [2.24, 2.45) is 0 Å². The second-order valence-corrected chi connectivity index (χ2v) is 9.17. The van der Waals surface area contributed by atoms with Gasteiger partial charge in [0.1, 0.15) is 5.75 Å². The molecule has 0 amide bonds. The molecular formula is C28H24ClF3N2O4. The van der Waals surface area contributed by atoms with Crippen LogP contribution in [0.15, 0.2) is 66.7 Å². The zero-order chi connectivity index (χ0) is 27.6. The number of carboxylic acids is 1. The zero-order valence-electron chi connectivity index (χ0n) is 20.5. The number of hydrogen-bond acceptors (Lipinski definition) is 4. The first-order valence-corrected chi connectivity index (χ1v) is 12.1. The number of ether oxygens (including phenoxy) is 1. The number of rotatable bonds is 9. The van der Waals surface area contributed by atoms with E-state index < -0.39 is 18.4 Å². The molecule has 6 nitrogen and oxygen atoms in total. The maximum Gasteiger partial charge on any atom is 0.482 e. The van der Waals surface area contributed by atoms with Crippen LogP contribution < -0.4 is 10.1 Å². The Morgan fingerprint density at radius 1 is 1.08 bits per heavy atom. The molecule has 0 bridgehead atoms. The highest BCUT2D eigenvalue weighted by atomic mass is 35.5. The monoisotopic (exact) mass is 544 g/mol. The summed E-state index contributed by atoms with van der Waals surface area (Å²) in [5, 5.41) is 11.8. The smallest absolute Gasteiger partial charge is 0.479 e. The van der Waals surface area contributed by atoms with E-state index in [2.05, 4.69) is 0 Å². The number of halogens is 4. The van der Waals surface area contributed by atoms with E-state index in [-0.39, 0.29) is 24.4 Å². The molecule has 0 saturated heterocycles. The number of anilines is 1. The highest BCUT2D eigenvalue weighted by molar-refractivity contribution is 6.30. The first kappa shape index (κ1) is 27.1. The normalized spacial score (nSPS) is 12.4. The van der Waals surface area contributed by atoms with Gasteiger partial charge in [-0.25, -0.2) is 4.79 Å². The quantitative estimate of drug-likeness (QED) is 0.174. The van der Waals surface area contributed by atoms with Crippen molar-refractivity contribution in [1.29, 1.82) is 0 Å². The van der Waals surface area contributed by atoms with Gasteiger partial charge in [0.15, 0.2) is 11.9 Å². The largest absolute Gasteiger partial charge is 0.482 e. The van der Waals surface area contributed by atoms with Crippen LogP contribution in [-0.2, 0) is 11.3 Å². The third-order valence-electron chi connectivity index (χ3n) is 6.11. The molecule has 1 aromatic heterocycles. The van der Waals surface area contributed by atoms with Gasteiger partial charge in [0, 0.05) is 33.9 Å². The number of aliphatic carboxylic acids is 1. The number of carbonyl (C=O) groups excluding carboxylic acids is 1. The number of benzene rings is 3. The molecule has 4 rings (SSSR count). The molecule has 0 aliphatic carbocycles. The number of hydrogen-bond donors (Lipinski definition) is 2. The molecule has 0 saturated carbocycles. The maximum atomic E-state index is 13.5. The van der Waals surface area contributed by atoms with Crippen LogP contribution in [0.25, 0.3) is 10.9 Å². The van der Waals surface area contributed by atoms with Crippen LogP contribution in [-0.4, -0.2) is 33.8 Å². The van der Waals surface area contributed by atoms with Crippen molar-refractivity contribution in [3.8, 4) is 5.75 Å². The minimum Gasteiger partial charge on any atom is -0.479 e. The van der Waals surface area contributed by atoms with E-state index in [1.54, 1.807) is 66.9 Å². The van der Waals surface area contributed by atoms with E-state index in [9.17, 15) is 27.9 Å². The van der Waals surface area contributed by atoms with Gasteiger partial charge in [-0.05, 0) is 67.4 Å². The lowest BCUT2D eigenvalue weighted by Gasteiger charge is -2.15. The van der Waals surface area contributed by atoms with Crippen molar-refractivity contribution >= 4 is 39.9 Å². The van der Waals surface area contributed by atoms with Crippen LogP contribution in [0.5, 0.6) is 5.75 Å². The molecule has 1 atom stereocenters. The molecule has 0 unspecified atom stereocenters. The summed E-state index contributed by atoms with van der Waals surface area (Å²) in [6.07, 6.45) is -5.38. The lowest BCUT2D eigenvalue weighted by Crippen LogP contribution is -2.25. The fraction of sp³-hybridized carbons (Fsp3) is 0.214. The SMILES string of the molecule is CC[C@H](Oc1cccc(Cn2c(C)c(C(=O)c3ccc(Cl)cc3)c3ccc(NC(F)(F)F)cc32)c1)C(=O)O. The summed E-state index contributed by atoms with van der Waals surface area (Å²) in [5.41, 5.74) is 2.29. The van der Waals surface area contributed by atoms with Crippen LogP contribution in [0, 0.1) is 6.92 Å². The van der Waals surface area contributed by atoms with Gasteiger partial charge in [0.25, 0.3) is 0 Å². The molecule has 10 heteroatoms. The Balaban J connectivity index is 1.80. The number of aromatic nitrogens is 1. The molecule has 198 valence electrons. The van der Waals surface area contributed by atoms with Gasteiger partial charge in [-0.1, -0.05) is 36.7 Å². The Labute approximate surface area is 221 Å². The zero-order valence-corrected chi connectivity index (χ0v) is 21.2. The number of carbonyl (C=O) groups is 2. The van der Waals surface area contributed by atoms with Crippen molar-refractivity contribution in [3.63, 3.8) is 0 Å². The van der Waals surface area contributed by atoms with Gasteiger partial charge < -0.3 is 14.4 Å². The number of fused-ring (bicyclic) bond motifs is 1. The highest BCUT2D eigenvalue weighted by Gasteiger charge is 2.28. The summed E-state index contributed by atoms with van der Waals surface area (Å²) in [6, 6.07) is 17.3. The Morgan fingerprint density at radius 3 is 2.42 bits per heavy atom. The molecule has 1 heterocycles. The molecule has 0 radical (unpaired) electrons. The van der Waals surface area contributed by atoms with E-state index in [4.69, 9.17) is 16.3 Å². The minimum atomic E-state index is -4.63. The Hall–Kier alpha value is -3.98. The van der Waals surface area contributed by atoms with Gasteiger partial charge in [-0.15, -0.1) is 0 Å². The van der Waals surface area contributed by atoms with Crippen LogP contribution >= 0.6 is 11.6 Å². The van der Waals surface area contributed by atoms with E-state index in [1.165, 1.54) is 23.5 Å². The third kappa shape index (κ3) is 5.94. The Kier molecular flexibility index (Phi) is 7.68. The second kappa shape index (κ2) is 10.8.